The van der Waals surface area contributed by atoms with E-state index >= 15 is 0 Å². The van der Waals surface area contributed by atoms with Gasteiger partial charge in [-0.2, -0.15) is 0 Å². The normalized spacial score (nSPS) is 16.0. The van der Waals surface area contributed by atoms with Crippen LogP contribution >= 0.6 is 11.3 Å². The van der Waals surface area contributed by atoms with Gasteiger partial charge in [0, 0.05) is 16.4 Å². The summed E-state index contributed by atoms with van der Waals surface area (Å²) in [6.45, 7) is -0.511. The molecule has 1 aromatic heterocycles. The number of hydrogen-bond donors (Lipinski definition) is 1. The van der Waals surface area contributed by atoms with Crippen LogP contribution in [0.2, 0.25) is 0 Å². The second-order valence-electron chi connectivity index (χ2n) is 7.04. The van der Waals surface area contributed by atoms with Crippen LogP contribution in [-0.2, 0) is 19.5 Å². The van der Waals surface area contributed by atoms with Gasteiger partial charge >= 0.3 is 5.97 Å². The number of benzene rings is 2. The lowest BCUT2D eigenvalue weighted by atomic mass is 9.78. The fourth-order valence-electron chi connectivity index (χ4n) is 3.89. The van der Waals surface area contributed by atoms with Crippen molar-refractivity contribution in [3.05, 3.63) is 81.0 Å². The first-order valence-corrected chi connectivity index (χ1v) is 10.0. The third-order valence-corrected chi connectivity index (χ3v) is 6.36. The van der Waals surface area contributed by atoms with E-state index < -0.39 is 12.6 Å². The molecule has 28 heavy (non-hydrogen) atoms. The molecule has 2 aromatic carbocycles. The van der Waals surface area contributed by atoms with Crippen LogP contribution in [0.1, 0.15) is 42.5 Å². The number of hydrogen-bond acceptors (Lipinski definition) is 3. The molecule has 1 atom stereocenters. The maximum Gasteiger partial charge on any atom is 0.345 e. The SMILES string of the molecule is O=C(O)c1ccc(CC2CCc3c(cccc3-c3cccc(CF)c3)C2=O)s1. The average molecular weight is 394 g/mol. The van der Waals surface area contributed by atoms with Gasteiger partial charge in [-0.15, -0.1) is 11.3 Å². The number of alkyl halides is 1. The lowest BCUT2D eigenvalue weighted by molar-refractivity contribution is 0.0702. The zero-order chi connectivity index (χ0) is 19.7. The summed E-state index contributed by atoms with van der Waals surface area (Å²) >= 11 is 1.23. The Morgan fingerprint density at radius 1 is 1.11 bits per heavy atom. The van der Waals surface area contributed by atoms with Gasteiger partial charge in [0.15, 0.2) is 5.78 Å². The molecule has 0 bridgehead atoms. The van der Waals surface area contributed by atoms with E-state index in [1.807, 2.05) is 36.4 Å². The Kier molecular flexibility index (Phi) is 5.09. The third kappa shape index (κ3) is 3.50. The minimum Gasteiger partial charge on any atom is -0.477 e. The van der Waals surface area contributed by atoms with Crippen LogP contribution in [0, 0.1) is 5.92 Å². The van der Waals surface area contributed by atoms with Crippen molar-refractivity contribution in [1.29, 1.82) is 0 Å². The Morgan fingerprint density at radius 3 is 2.64 bits per heavy atom. The lowest BCUT2D eigenvalue weighted by Gasteiger charge is -2.25. The van der Waals surface area contributed by atoms with E-state index in [2.05, 4.69) is 0 Å². The van der Waals surface area contributed by atoms with Crippen LogP contribution in [0.4, 0.5) is 4.39 Å². The zero-order valence-electron chi connectivity index (χ0n) is 15.2. The molecule has 0 radical (unpaired) electrons. The predicted octanol–water partition coefficient (Wildman–Crippen LogP) is 5.57. The topological polar surface area (TPSA) is 54.4 Å². The third-order valence-electron chi connectivity index (χ3n) is 5.27. The van der Waals surface area contributed by atoms with Crippen molar-refractivity contribution in [2.75, 3.05) is 0 Å². The molecule has 0 fully saturated rings. The summed E-state index contributed by atoms with van der Waals surface area (Å²) in [5.41, 5.74) is 4.31. The first-order chi connectivity index (χ1) is 13.6. The minimum absolute atomic E-state index is 0.107. The van der Waals surface area contributed by atoms with Crippen LogP contribution in [-0.4, -0.2) is 16.9 Å². The number of ketones is 1. The quantitative estimate of drug-likeness (QED) is 0.615. The lowest BCUT2D eigenvalue weighted by Crippen LogP contribution is -2.24. The molecule has 0 amide bonds. The molecule has 1 N–H and O–H groups in total. The summed E-state index contributed by atoms with van der Waals surface area (Å²) < 4.78 is 13.0. The van der Waals surface area contributed by atoms with Gasteiger partial charge in [-0.1, -0.05) is 36.4 Å². The highest BCUT2D eigenvalue weighted by Gasteiger charge is 2.29. The Balaban J connectivity index is 1.62. The molecule has 4 rings (SSSR count). The second-order valence-corrected chi connectivity index (χ2v) is 8.21. The Hall–Kier alpha value is -2.79. The van der Waals surface area contributed by atoms with Crippen molar-refractivity contribution in [3.63, 3.8) is 0 Å². The summed E-state index contributed by atoms with van der Waals surface area (Å²) in [7, 11) is 0. The largest absolute Gasteiger partial charge is 0.477 e. The van der Waals surface area contributed by atoms with Crippen LogP contribution in [0.3, 0.4) is 0 Å². The number of rotatable bonds is 5. The molecule has 1 unspecified atom stereocenters. The maximum absolute atomic E-state index is 13.1. The number of aromatic carboxylic acids is 1. The van der Waals surface area contributed by atoms with E-state index in [0.29, 0.717) is 16.9 Å². The van der Waals surface area contributed by atoms with Crippen molar-refractivity contribution >= 4 is 23.1 Å². The number of carbonyl (C=O) groups is 2. The summed E-state index contributed by atoms with van der Waals surface area (Å²) in [5.74, 6) is -0.966. The van der Waals surface area contributed by atoms with Gasteiger partial charge in [-0.3, -0.25) is 4.79 Å². The molecule has 0 saturated carbocycles. The highest BCUT2D eigenvalue weighted by molar-refractivity contribution is 7.13. The van der Waals surface area contributed by atoms with Gasteiger partial charge in [0.2, 0.25) is 0 Å². The zero-order valence-corrected chi connectivity index (χ0v) is 16.0. The minimum atomic E-state index is -0.934. The van der Waals surface area contributed by atoms with Gasteiger partial charge < -0.3 is 5.11 Å². The molecule has 5 heteroatoms. The Bertz CT molecular complexity index is 1050. The molecule has 0 saturated heterocycles. The van der Waals surface area contributed by atoms with Crippen molar-refractivity contribution in [2.45, 2.75) is 25.9 Å². The summed E-state index contributed by atoms with van der Waals surface area (Å²) in [5, 5.41) is 9.08. The van der Waals surface area contributed by atoms with E-state index in [1.54, 1.807) is 18.2 Å². The fourth-order valence-corrected chi connectivity index (χ4v) is 4.82. The van der Waals surface area contributed by atoms with Crippen molar-refractivity contribution in [3.8, 4) is 11.1 Å². The molecule has 1 heterocycles. The van der Waals surface area contributed by atoms with Crippen LogP contribution < -0.4 is 0 Å². The molecular formula is C23H19FO3S. The molecule has 0 aliphatic heterocycles. The summed E-state index contributed by atoms with van der Waals surface area (Å²) in [4.78, 5) is 25.4. The number of carbonyl (C=O) groups excluding carboxylic acids is 1. The number of halogens is 1. The van der Waals surface area contributed by atoms with E-state index in [4.69, 9.17) is 5.11 Å². The highest BCUT2D eigenvalue weighted by Crippen LogP contribution is 2.35. The monoisotopic (exact) mass is 394 g/mol. The highest BCUT2D eigenvalue weighted by atomic mass is 32.1. The van der Waals surface area contributed by atoms with E-state index in [1.165, 1.54) is 11.3 Å². The Morgan fingerprint density at radius 2 is 1.89 bits per heavy atom. The van der Waals surface area contributed by atoms with Gasteiger partial charge in [-0.25, -0.2) is 9.18 Å². The maximum atomic E-state index is 13.1. The number of thiophene rings is 1. The number of carboxylic acids is 1. The van der Waals surface area contributed by atoms with Gasteiger partial charge in [-0.05, 0) is 59.7 Å². The van der Waals surface area contributed by atoms with Gasteiger partial charge in [0.05, 0.1) is 0 Å². The van der Waals surface area contributed by atoms with E-state index in [9.17, 15) is 14.0 Å². The molecule has 3 aromatic rings. The summed E-state index contributed by atoms with van der Waals surface area (Å²) in [6.07, 6.45) is 2.07. The molecule has 1 aliphatic rings. The summed E-state index contributed by atoms with van der Waals surface area (Å²) in [6, 6.07) is 16.5. The standard InChI is InChI=1S/C23H19FO3S/c24-13-14-3-1-4-15(11-14)18-5-2-6-20-19(18)9-7-16(22(20)25)12-17-8-10-21(28-17)23(26)27/h1-6,8,10-11,16H,7,9,12-13H2,(H,26,27). The van der Waals surface area contributed by atoms with Gasteiger partial charge in [0.25, 0.3) is 0 Å². The first kappa shape index (κ1) is 18.6. The Labute approximate surface area is 166 Å². The number of fused-ring (bicyclic) bond motifs is 1. The number of Topliss-reactive ketones (excluding diaryl/α,β-unsaturated/α-hetero) is 1. The van der Waals surface area contributed by atoms with Gasteiger partial charge in [0.1, 0.15) is 11.6 Å². The number of carboxylic acid groups (broad SMARTS) is 1. The smallest absolute Gasteiger partial charge is 0.345 e. The fraction of sp³-hybridized carbons (Fsp3) is 0.217. The predicted molar refractivity (Wildman–Crippen MR) is 108 cm³/mol. The van der Waals surface area contributed by atoms with Crippen LogP contribution in [0.5, 0.6) is 0 Å². The molecule has 3 nitrogen and oxygen atoms in total. The molecular weight excluding hydrogens is 375 g/mol. The van der Waals surface area contributed by atoms with Crippen molar-refractivity contribution < 1.29 is 19.1 Å². The molecule has 0 spiro atoms. The van der Waals surface area contributed by atoms with Crippen LogP contribution in [0.25, 0.3) is 11.1 Å². The van der Waals surface area contributed by atoms with E-state index in [-0.39, 0.29) is 11.7 Å². The van der Waals surface area contributed by atoms with Crippen molar-refractivity contribution in [1.82, 2.24) is 0 Å². The molecule has 142 valence electrons. The first-order valence-electron chi connectivity index (χ1n) is 9.20. The second kappa shape index (κ2) is 7.68. The van der Waals surface area contributed by atoms with E-state index in [0.717, 1.165) is 40.0 Å². The van der Waals surface area contributed by atoms with Crippen molar-refractivity contribution in [2.24, 2.45) is 5.92 Å². The molecule has 1 aliphatic carbocycles. The average Bonchev–Trinajstić information content (AvgIpc) is 3.19. The van der Waals surface area contributed by atoms with Crippen LogP contribution in [0.15, 0.2) is 54.6 Å².